The van der Waals surface area contributed by atoms with Crippen LogP contribution in [0.3, 0.4) is 0 Å². The van der Waals surface area contributed by atoms with Gasteiger partial charge in [-0.3, -0.25) is 0 Å². The normalized spacial score (nSPS) is 16.3. The maximum atomic E-state index is 5.95. The monoisotopic (exact) mass is 371 g/mol. The van der Waals surface area contributed by atoms with E-state index >= 15 is 0 Å². The summed E-state index contributed by atoms with van der Waals surface area (Å²) < 4.78 is 7.04. The van der Waals surface area contributed by atoms with Crippen LogP contribution in [0.1, 0.15) is 31.5 Å². The molecular formula is C19H25N5OS. The molecule has 0 amide bonds. The van der Waals surface area contributed by atoms with E-state index in [2.05, 4.69) is 54.2 Å². The molecule has 6 nitrogen and oxygen atoms in total. The van der Waals surface area contributed by atoms with E-state index in [1.807, 2.05) is 0 Å². The summed E-state index contributed by atoms with van der Waals surface area (Å²) in [6, 6.07) is 2.20. The lowest BCUT2D eigenvalue weighted by atomic mass is 9.95. The highest BCUT2D eigenvalue weighted by Gasteiger charge is 2.28. The zero-order valence-corrected chi connectivity index (χ0v) is 16.6. The van der Waals surface area contributed by atoms with Gasteiger partial charge in [-0.2, -0.15) is 0 Å². The van der Waals surface area contributed by atoms with Gasteiger partial charge in [0.1, 0.15) is 17.0 Å². The van der Waals surface area contributed by atoms with Gasteiger partial charge in [0, 0.05) is 23.9 Å². The number of aromatic nitrogens is 3. The number of fused-ring (bicyclic) bond motifs is 4. The first kappa shape index (κ1) is 17.6. The lowest BCUT2D eigenvalue weighted by molar-refractivity contribution is -0.0411. The summed E-state index contributed by atoms with van der Waals surface area (Å²) in [5.74, 6) is 0.909. The fraction of sp³-hybridized carbons (Fsp3) is 0.526. The van der Waals surface area contributed by atoms with Gasteiger partial charge in [0.2, 0.25) is 0 Å². The first-order chi connectivity index (χ1) is 12.4. The molecule has 0 aromatic carbocycles. The third kappa shape index (κ3) is 3.39. The molecule has 0 saturated heterocycles. The first-order valence-electron chi connectivity index (χ1n) is 9.01. The molecule has 3 aromatic heterocycles. The van der Waals surface area contributed by atoms with E-state index in [1.165, 1.54) is 5.56 Å². The average molecular weight is 372 g/mol. The zero-order valence-electron chi connectivity index (χ0n) is 15.8. The van der Waals surface area contributed by atoms with Crippen LogP contribution in [0.5, 0.6) is 0 Å². The highest BCUT2D eigenvalue weighted by molar-refractivity contribution is 7.25. The number of ether oxygens (including phenoxy) is 1. The molecule has 0 radical (unpaired) electrons. The van der Waals surface area contributed by atoms with Crippen molar-refractivity contribution in [1.29, 1.82) is 0 Å². The maximum Gasteiger partial charge on any atom is 0.147 e. The van der Waals surface area contributed by atoms with Crippen LogP contribution in [-0.4, -0.2) is 52.6 Å². The van der Waals surface area contributed by atoms with Crippen molar-refractivity contribution >= 4 is 37.6 Å². The van der Waals surface area contributed by atoms with Crippen molar-refractivity contribution in [1.82, 2.24) is 19.9 Å². The van der Waals surface area contributed by atoms with Gasteiger partial charge in [-0.25, -0.2) is 15.0 Å². The second-order valence-electron chi connectivity index (χ2n) is 7.76. The van der Waals surface area contributed by atoms with Crippen LogP contribution in [0.15, 0.2) is 12.4 Å². The topological polar surface area (TPSA) is 63.2 Å². The molecule has 0 saturated carbocycles. The Morgan fingerprint density at radius 2 is 2.15 bits per heavy atom. The van der Waals surface area contributed by atoms with Crippen molar-refractivity contribution in [2.75, 3.05) is 32.5 Å². The van der Waals surface area contributed by atoms with Crippen LogP contribution in [0.25, 0.3) is 20.4 Å². The lowest BCUT2D eigenvalue weighted by Gasteiger charge is -2.30. The number of anilines is 1. The van der Waals surface area contributed by atoms with Gasteiger partial charge in [0.15, 0.2) is 0 Å². The van der Waals surface area contributed by atoms with E-state index in [0.717, 1.165) is 57.9 Å². The van der Waals surface area contributed by atoms with E-state index in [0.29, 0.717) is 6.61 Å². The minimum atomic E-state index is -0.149. The summed E-state index contributed by atoms with van der Waals surface area (Å²) in [4.78, 5) is 17.2. The van der Waals surface area contributed by atoms with E-state index in [4.69, 9.17) is 9.72 Å². The quantitative estimate of drug-likeness (QED) is 0.693. The van der Waals surface area contributed by atoms with E-state index < -0.39 is 0 Å². The Bertz CT molecular complexity index is 950. The van der Waals surface area contributed by atoms with E-state index in [9.17, 15) is 0 Å². The van der Waals surface area contributed by atoms with Crippen molar-refractivity contribution in [3.63, 3.8) is 0 Å². The third-order valence-corrected chi connectivity index (χ3v) is 5.80. The number of pyridine rings is 1. The summed E-state index contributed by atoms with van der Waals surface area (Å²) in [5.41, 5.74) is 3.16. The van der Waals surface area contributed by atoms with Crippen molar-refractivity contribution in [3.05, 3.63) is 23.7 Å². The number of hydrogen-bond donors (Lipinski definition) is 1. The molecule has 0 aliphatic carbocycles. The molecule has 0 spiro atoms. The molecule has 3 aromatic rings. The van der Waals surface area contributed by atoms with E-state index in [-0.39, 0.29) is 5.60 Å². The van der Waals surface area contributed by atoms with Crippen molar-refractivity contribution in [2.45, 2.75) is 38.9 Å². The SMILES string of the molecule is CN(C)CCCNc1ncnc2c1sc1nc3c(cc12)COC(C)(C)C3. The maximum absolute atomic E-state index is 5.95. The van der Waals surface area contributed by atoms with Gasteiger partial charge in [0.05, 0.1) is 28.1 Å². The molecule has 0 bridgehead atoms. The number of nitrogens with one attached hydrogen (secondary N) is 1. The van der Waals surface area contributed by atoms with Gasteiger partial charge in [-0.05, 0) is 47.0 Å². The second kappa shape index (κ2) is 6.72. The van der Waals surface area contributed by atoms with Gasteiger partial charge >= 0.3 is 0 Å². The summed E-state index contributed by atoms with van der Waals surface area (Å²) in [6.07, 6.45) is 3.55. The van der Waals surface area contributed by atoms with Crippen LogP contribution in [0.2, 0.25) is 0 Å². The average Bonchev–Trinajstić information content (AvgIpc) is 2.94. The highest BCUT2D eigenvalue weighted by atomic mass is 32.1. The van der Waals surface area contributed by atoms with Crippen LogP contribution >= 0.6 is 11.3 Å². The Morgan fingerprint density at radius 3 is 2.96 bits per heavy atom. The highest BCUT2D eigenvalue weighted by Crippen LogP contribution is 2.37. The van der Waals surface area contributed by atoms with E-state index in [1.54, 1.807) is 17.7 Å². The Morgan fingerprint density at radius 1 is 1.31 bits per heavy atom. The summed E-state index contributed by atoms with van der Waals surface area (Å²) in [5, 5.41) is 4.57. The number of rotatable bonds is 5. The van der Waals surface area contributed by atoms with Crippen LogP contribution < -0.4 is 5.32 Å². The minimum absolute atomic E-state index is 0.149. The van der Waals surface area contributed by atoms with Gasteiger partial charge in [0.25, 0.3) is 0 Å². The molecule has 4 heterocycles. The summed E-state index contributed by atoms with van der Waals surface area (Å²) >= 11 is 1.68. The largest absolute Gasteiger partial charge is 0.370 e. The molecule has 138 valence electrons. The van der Waals surface area contributed by atoms with Gasteiger partial charge in [-0.15, -0.1) is 11.3 Å². The fourth-order valence-corrected chi connectivity index (χ4v) is 4.41. The predicted octanol–water partition coefficient (Wildman–Crippen LogP) is 3.45. The molecular weight excluding hydrogens is 346 g/mol. The molecule has 26 heavy (non-hydrogen) atoms. The smallest absolute Gasteiger partial charge is 0.147 e. The fourth-order valence-electron chi connectivity index (χ4n) is 3.31. The molecule has 1 N–H and O–H groups in total. The van der Waals surface area contributed by atoms with Crippen molar-refractivity contribution in [3.8, 4) is 0 Å². The standard InChI is InChI=1S/C19H25N5OS/c1-19(2)9-14-12(10-25-19)8-13-15-16(26-18(13)23-14)17(22-11-21-15)20-6-5-7-24(3)4/h8,11H,5-7,9-10H2,1-4H3,(H,20,21,22). The molecule has 1 aliphatic rings. The summed E-state index contributed by atoms with van der Waals surface area (Å²) in [7, 11) is 4.18. The second-order valence-corrected chi connectivity index (χ2v) is 8.76. The Kier molecular flexibility index (Phi) is 4.54. The van der Waals surface area contributed by atoms with Crippen LogP contribution in [-0.2, 0) is 17.8 Å². The molecule has 0 atom stereocenters. The molecule has 0 unspecified atom stereocenters. The molecule has 7 heteroatoms. The Balaban J connectivity index is 1.69. The molecule has 4 rings (SSSR count). The Labute approximate surface area is 157 Å². The Hall–Kier alpha value is -1.83. The van der Waals surface area contributed by atoms with Gasteiger partial charge < -0.3 is 15.0 Å². The molecule has 1 aliphatic heterocycles. The first-order valence-corrected chi connectivity index (χ1v) is 9.83. The number of nitrogens with zero attached hydrogens (tertiary/aromatic N) is 4. The third-order valence-electron chi connectivity index (χ3n) is 4.70. The minimum Gasteiger partial charge on any atom is -0.370 e. The van der Waals surface area contributed by atoms with Crippen molar-refractivity contribution < 1.29 is 4.74 Å². The molecule has 0 fully saturated rings. The zero-order chi connectivity index (χ0) is 18.3. The lowest BCUT2D eigenvalue weighted by Crippen LogP contribution is -2.32. The van der Waals surface area contributed by atoms with Crippen LogP contribution in [0.4, 0.5) is 5.82 Å². The number of thiophene rings is 1. The summed E-state index contributed by atoms with van der Waals surface area (Å²) in [6.45, 7) is 6.80. The number of hydrogen-bond acceptors (Lipinski definition) is 7. The van der Waals surface area contributed by atoms with Crippen molar-refractivity contribution in [2.24, 2.45) is 0 Å². The predicted molar refractivity (Wildman–Crippen MR) is 107 cm³/mol. The van der Waals surface area contributed by atoms with Crippen LogP contribution in [0, 0.1) is 0 Å². The van der Waals surface area contributed by atoms with Gasteiger partial charge in [-0.1, -0.05) is 0 Å².